The molecule has 0 amide bonds. The van der Waals surface area contributed by atoms with Crippen molar-refractivity contribution in [2.24, 2.45) is 0 Å². The monoisotopic (exact) mass is 210 g/mol. The summed E-state index contributed by atoms with van der Waals surface area (Å²) < 4.78 is 16.0. The Kier molecular flexibility index (Phi) is 2.58. The summed E-state index contributed by atoms with van der Waals surface area (Å²) in [6.45, 7) is 3.01. The Balaban J connectivity index is 2.54. The highest BCUT2D eigenvalue weighted by Gasteiger charge is 2.25. The molecule has 0 saturated heterocycles. The van der Waals surface area contributed by atoms with Crippen LogP contribution in [-0.4, -0.2) is 25.4 Å². The largest absolute Gasteiger partial charge is 0.507 e. The number of methoxy groups -OCH3 is 1. The third kappa shape index (κ3) is 1.56. The van der Waals surface area contributed by atoms with E-state index in [0.717, 1.165) is 5.56 Å². The van der Waals surface area contributed by atoms with Crippen LogP contribution in [0.3, 0.4) is 0 Å². The number of fused-ring (bicyclic) bond motifs is 1. The fourth-order valence-corrected chi connectivity index (χ4v) is 1.72. The Morgan fingerprint density at radius 1 is 1.53 bits per heavy atom. The van der Waals surface area contributed by atoms with Crippen LogP contribution >= 0.6 is 0 Å². The zero-order chi connectivity index (χ0) is 10.8. The molecule has 0 fully saturated rings. The van der Waals surface area contributed by atoms with E-state index in [1.807, 2.05) is 6.92 Å². The summed E-state index contributed by atoms with van der Waals surface area (Å²) >= 11 is 0. The molecular weight excluding hydrogens is 196 g/mol. The van der Waals surface area contributed by atoms with Gasteiger partial charge in [0.1, 0.15) is 5.75 Å². The first-order valence-electron chi connectivity index (χ1n) is 4.96. The summed E-state index contributed by atoms with van der Waals surface area (Å²) in [6, 6.07) is 1.57. The number of aromatic hydroxyl groups is 1. The Morgan fingerprint density at radius 3 is 3.00 bits per heavy atom. The van der Waals surface area contributed by atoms with E-state index < -0.39 is 0 Å². The molecule has 0 radical (unpaired) electrons. The summed E-state index contributed by atoms with van der Waals surface area (Å²) in [4.78, 5) is 0. The average molecular weight is 210 g/mol. The van der Waals surface area contributed by atoms with E-state index >= 15 is 0 Å². The lowest BCUT2D eigenvalue weighted by Crippen LogP contribution is -1.98. The average Bonchev–Trinajstić information content (AvgIpc) is 2.71. The molecule has 1 aliphatic heterocycles. The molecule has 0 unspecified atom stereocenters. The lowest BCUT2D eigenvalue weighted by Gasteiger charge is -2.13. The molecule has 4 nitrogen and oxygen atoms in total. The Hall–Kier alpha value is -1.58. The summed E-state index contributed by atoms with van der Waals surface area (Å²) in [6.07, 6.45) is 0.714. The van der Waals surface area contributed by atoms with E-state index in [0.29, 0.717) is 36.9 Å². The van der Waals surface area contributed by atoms with E-state index in [9.17, 15) is 5.11 Å². The minimum Gasteiger partial charge on any atom is -0.507 e. The van der Waals surface area contributed by atoms with Crippen LogP contribution in [0.2, 0.25) is 0 Å². The van der Waals surface area contributed by atoms with Crippen LogP contribution in [0.4, 0.5) is 0 Å². The maximum atomic E-state index is 9.72. The maximum absolute atomic E-state index is 9.72. The molecular formula is C11H14O4. The van der Waals surface area contributed by atoms with Crippen molar-refractivity contribution in [3.8, 4) is 23.0 Å². The van der Waals surface area contributed by atoms with Crippen molar-refractivity contribution in [1.82, 2.24) is 0 Å². The summed E-state index contributed by atoms with van der Waals surface area (Å²) in [7, 11) is 1.54. The van der Waals surface area contributed by atoms with E-state index in [1.165, 1.54) is 0 Å². The molecule has 1 aromatic carbocycles. The van der Waals surface area contributed by atoms with Gasteiger partial charge in [-0.05, 0) is 6.92 Å². The van der Waals surface area contributed by atoms with Gasteiger partial charge in [-0.15, -0.1) is 0 Å². The van der Waals surface area contributed by atoms with Crippen LogP contribution in [0.5, 0.6) is 23.0 Å². The molecule has 15 heavy (non-hydrogen) atoms. The van der Waals surface area contributed by atoms with Gasteiger partial charge in [0.15, 0.2) is 11.5 Å². The number of hydrogen-bond donors (Lipinski definition) is 1. The van der Waals surface area contributed by atoms with Crippen molar-refractivity contribution in [3.05, 3.63) is 11.6 Å². The van der Waals surface area contributed by atoms with Crippen LogP contribution in [0, 0.1) is 0 Å². The van der Waals surface area contributed by atoms with Crippen LogP contribution in [0.1, 0.15) is 12.5 Å². The predicted octanol–water partition coefficient (Wildman–Crippen LogP) is 1.73. The molecule has 0 spiro atoms. The lowest BCUT2D eigenvalue weighted by atomic mass is 10.1. The Bertz CT molecular complexity index is 373. The van der Waals surface area contributed by atoms with Gasteiger partial charge in [-0.1, -0.05) is 0 Å². The van der Waals surface area contributed by atoms with Crippen molar-refractivity contribution in [3.63, 3.8) is 0 Å². The third-order valence-electron chi connectivity index (χ3n) is 2.39. The lowest BCUT2D eigenvalue weighted by molar-refractivity contribution is 0.279. The van der Waals surface area contributed by atoms with Gasteiger partial charge in [-0.25, -0.2) is 0 Å². The molecule has 1 N–H and O–H groups in total. The van der Waals surface area contributed by atoms with Gasteiger partial charge >= 0.3 is 0 Å². The van der Waals surface area contributed by atoms with E-state index in [1.54, 1.807) is 13.2 Å². The van der Waals surface area contributed by atoms with Gasteiger partial charge in [0, 0.05) is 18.1 Å². The second-order valence-electron chi connectivity index (χ2n) is 3.27. The summed E-state index contributed by atoms with van der Waals surface area (Å²) in [5.41, 5.74) is 0.805. The van der Waals surface area contributed by atoms with Crippen molar-refractivity contribution in [2.75, 3.05) is 20.3 Å². The molecule has 0 saturated carbocycles. The summed E-state index contributed by atoms with van der Waals surface area (Å²) in [5, 5.41) is 9.72. The van der Waals surface area contributed by atoms with E-state index in [-0.39, 0.29) is 5.75 Å². The number of phenolic OH excluding ortho intramolecular Hbond substituents is 1. The molecule has 1 heterocycles. The standard InChI is InChI=1S/C11H14O4/c1-3-14-11-9(13-2)6-8(12)7-4-5-15-10(7)11/h6,12H,3-5H2,1-2H3. The molecule has 0 atom stereocenters. The minimum absolute atomic E-state index is 0.211. The molecule has 0 aliphatic carbocycles. The number of phenols is 1. The second-order valence-corrected chi connectivity index (χ2v) is 3.27. The summed E-state index contributed by atoms with van der Waals surface area (Å²) in [5.74, 6) is 1.93. The second kappa shape index (κ2) is 3.88. The molecule has 2 rings (SSSR count). The predicted molar refractivity (Wildman–Crippen MR) is 55.0 cm³/mol. The van der Waals surface area contributed by atoms with Gasteiger partial charge in [0.05, 0.1) is 20.3 Å². The first-order chi connectivity index (χ1) is 7.27. The molecule has 1 aromatic rings. The number of hydrogen-bond acceptors (Lipinski definition) is 4. The first-order valence-corrected chi connectivity index (χ1v) is 4.96. The highest BCUT2D eigenvalue weighted by molar-refractivity contribution is 5.62. The van der Waals surface area contributed by atoms with Crippen LogP contribution in [-0.2, 0) is 6.42 Å². The molecule has 0 bridgehead atoms. The van der Waals surface area contributed by atoms with E-state index in [2.05, 4.69) is 0 Å². The molecule has 82 valence electrons. The zero-order valence-corrected chi connectivity index (χ0v) is 8.87. The van der Waals surface area contributed by atoms with Crippen LogP contribution in [0.25, 0.3) is 0 Å². The van der Waals surface area contributed by atoms with Crippen LogP contribution in [0.15, 0.2) is 6.07 Å². The SMILES string of the molecule is CCOc1c(OC)cc(O)c2c1OCC2. The van der Waals surface area contributed by atoms with Crippen molar-refractivity contribution < 1.29 is 19.3 Å². The zero-order valence-electron chi connectivity index (χ0n) is 8.87. The third-order valence-corrected chi connectivity index (χ3v) is 2.39. The van der Waals surface area contributed by atoms with Crippen molar-refractivity contribution in [1.29, 1.82) is 0 Å². The van der Waals surface area contributed by atoms with Gasteiger partial charge in [0.2, 0.25) is 5.75 Å². The smallest absolute Gasteiger partial charge is 0.204 e. The van der Waals surface area contributed by atoms with Gasteiger partial charge in [-0.2, -0.15) is 0 Å². The highest BCUT2D eigenvalue weighted by Crippen LogP contribution is 2.47. The highest BCUT2D eigenvalue weighted by atomic mass is 16.5. The maximum Gasteiger partial charge on any atom is 0.204 e. The Labute approximate surface area is 88.4 Å². The number of rotatable bonds is 3. The molecule has 4 heteroatoms. The molecule has 0 aromatic heterocycles. The Morgan fingerprint density at radius 2 is 2.33 bits per heavy atom. The topological polar surface area (TPSA) is 47.9 Å². The normalized spacial score (nSPS) is 13.2. The van der Waals surface area contributed by atoms with Gasteiger partial charge < -0.3 is 19.3 Å². The van der Waals surface area contributed by atoms with Gasteiger partial charge in [0.25, 0.3) is 0 Å². The van der Waals surface area contributed by atoms with Gasteiger partial charge in [-0.3, -0.25) is 0 Å². The fraction of sp³-hybridized carbons (Fsp3) is 0.455. The minimum atomic E-state index is 0.211. The van der Waals surface area contributed by atoms with E-state index in [4.69, 9.17) is 14.2 Å². The van der Waals surface area contributed by atoms with Crippen molar-refractivity contribution >= 4 is 0 Å². The van der Waals surface area contributed by atoms with Crippen LogP contribution < -0.4 is 14.2 Å². The quantitative estimate of drug-likeness (QED) is 0.825. The fourth-order valence-electron chi connectivity index (χ4n) is 1.72. The first kappa shape index (κ1) is 9.96. The molecule has 1 aliphatic rings. The number of benzene rings is 1. The van der Waals surface area contributed by atoms with Crippen molar-refractivity contribution in [2.45, 2.75) is 13.3 Å². The number of ether oxygens (including phenoxy) is 3.